The summed E-state index contributed by atoms with van der Waals surface area (Å²) in [5.41, 5.74) is 12.9. The summed E-state index contributed by atoms with van der Waals surface area (Å²) >= 11 is 0. The van der Waals surface area contributed by atoms with Gasteiger partial charge in [0.2, 0.25) is 0 Å². The number of ether oxygens (including phenoxy) is 1. The van der Waals surface area contributed by atoms with E-state index in [4.69, 9.17) is 15.5 Å². The number of nitrogens with one attached hydrogen (secondary N) is 3. The van der Waals surface area contributed by atoms with Crippen LogP contribution in [0.15, 0.2) is 42.1 Å². The van der Waals surface area contributed by atoms with Gasteiger partial charge in [-0.2, -0.15) is 5.10 Å². The zero-order valence-corrected chi connectivity index (χ0v) is 21.1. The Morgan fingerprint density at radius 3 is 2.67 bits per heavy atom. The van der Waals surface area contributed by atoms with Crippen LogP contribution in [0.2, 0.25) is 0 Å². The van der Waals surface area contributed by atoms with E-state index in [1.165, 1.54) is 5.57 Å². The summed E-state index contributed by atoms with van der Waals surface area (Å²) < 4.78 is 7.12. The molecule has 8 aliphatic rings. The van der Waals surface area contributed by atoms with Crippen LogP contribution in [-0.2, 0) is 11.3 Å². The van der Waals surface area contributed by atoms with Crippen molar-refractivity contribution >= 4 is 28.8 Å². The van der Waals surface area contributed by atoms with E-state index < -0.39 is 0 Å². The molecule has 0 spiro atoms. The molecule has 39 heavy (non-hydrogen) atoms. The molecule has 7 saturated carbocycles. The van der Waals surface area contributed by atoms with Gasteiger partial charge >= 0.3 is 0 Å². The maximum Gasteiger partial charge on any atom is 0.270 e. The number of fused-ring (bicyclic) bond motifs is 2. The zero-order chi connectivity index (χ0) is 25.8. The topological polar surface area (TPSA) is 136 Å². The minimum absolute atomic E-state index is 0.0399. The summed E-state index contributed by atoms with van der Waals surface area (Å²) in [5, 5.41) is 14.1. The van der Waals surface area contributed by atoms with E-state index in [2.05, 4.69) is 21.0 Å². The highest BCUT2D eigenvalue weighted by Gasteiger charge is 3.08. The van der Waals surface area contributed by atoms with Crippen molar-refractivity contribution < 1.29 is 14.3 Å². The number of carbonyl (C=O) groups excluding carboxylic acids is 2. The van der Waals surface area contributed by atoms with Crippen molar-refractivity contribution in [3.05, 3.63) is 59.1 Å². The van der Waals surface area contributed by atoms with Crippen molar-refractivity contribution in [3.8, 4) is 5.75 Å². The number of allylic oxidation sites excluding steroid dienone is 1. The second kappa shape index (κ2) is 6.44. The Hall–Kier alpha value is -3.92. The largest absolute Gasteiger partial charge is 0.482 e. The van der Waals surface area contributed by atoms with Gasteiger partial charge in [-0.05, 0) is 83.1 Å². The average molecular weight is 522 g/mol. The van der Waals surface area contributed by atoms with Gasteiger partial charge in [-0.25, -0.2) is 9.50 Å². The van der Waals surface area contributed by atoms with Gasteiger partial charge in [0.15, 0.2) is 12.3 Å². The van der Waals surface area contributed by atoms with Gasteiger partial charge in [0.05, 0.1) is 23.3 Å². The molecule has 10 nitrogen and oxygen atoms in total. The molecular formula is C29H27N7O3. The van der Waals surface area contributed by atoms with E-state index >= 15 is 0 Å². The second-order valence-electron chi connectivity index (χ2n) is 12.6. The smallest absolute Gasteiger partial charge is 0.270 e. The van der Waals surface area contributed by atoms with Gasteiger partial charge < -0.3 is 26.4 Å². The van der Waals surface area contributed by atoms with Crippen LogP contribution in [0.25, 0.3) is 11.3 Å². The third-order valence-corrected chi connectivity index (χ3v) is 11.3. The minimum atomic E-state index is -0.152. The van der Waals surface area contributed by atoms with Crippen molar-refractivity contribution in [2.24, 2.45) is 46.7 Å². The molecular weight excluding hydrogens is 494 g/mol. The van der Waals surface area contributed by atoms with Crippen molar-refractivity contribution in [3.63, 3.8) is 0 Å². The molecule has 2 aromatic heterocycles. The molecule has 0 saturated heterocycles. The second-order valence-corrected chi connectivity index (χ2v) is 12.6. The minimum Gasteiger partial charge on any atom is -0.482 e. The molecule has 0 radical (unpaired) electrons. The van der Waals surface area contributed by atoms with E-state index in [0.29, 0.717) is 34.7 Å². The fraction of sp³-hybridized carbons (Fsp3) is 0.448. The number of nitrogens with zero attached hydrogens (tertiary/aromatic N) is 3. The molecule has 3 heterocycles. The Balaban J connectivity index is 0.908. The van der Waals surface area contributed by atoms with Crippen LogP contribution >= 0.6 is 0 Å². The third-order valence-electron chi connectivity index (χ3n) is 11.3. The molecule has 1 aliphatic heterocycles. The Kier molecular flexibility index (Phi) is 3.46. The lowest BCUT2D eigenvalue weighted by Gasteiger charge is -3.11. The number of hydrogen-bond donors (Lipinski definition) is 4. The first-order chi connectivity index (χ1) is 19.0. The van der Waals surface area contributed by atoms with Gasteiger partial charge in [-0.1, -0.05) is 6.07 Å². The lowest BCUT2D eigenvalue weighted by molar-refractivity contribution is -0.617. The number of amides is 2. The summed E-state index contributed by atoms with van der Waals surface area (Å²) in [5.74, 6) is 4.87. The maximum absolute atomic E-state index is 13.6. The molecule has 11 rings (SSSR count). The molecule has 3 aromatic rings. The predicted octanol–water partition coefficient (Wildman–Crippen LogP) is 1.53. The van der Waals surface area contributed by atoms with E-state index in [9.17, 15) is 9.59 Å². The maximum atomic E-state index is 13.6. The Morgan fingerprint density at radius 2 is 1.90 bits per heavy atom. The van der Waals surface area contributed by atoms with Crippen molar-refractivity contribution in [1.82, 2.24) is 25.2 Å². The highest BCUT2D eigenvalue weighted by Crippen LogP contribution is 3.06. The number of hydrogen-bond acceptors (Lipinski definition) is 7. The summed E-state index contributed by atoms with van der Waals surface area (Å²) in [4.78, 5) is 30.1. The fourth-order valence-corrected chi connectivity index (χ4v) is 9.85. The van der Waals surface area contributed by atoms with Crippen molar-refractivity contribution in [2.45, 2.75) is 24.9 Å². The quantitative estimate of drug-likeness (QED) is 0.370. The standard InChI is InChI=1S/C29H27N7O3/c30-29-23-20-24(29)22-25(29)21(23)28(20,22)11-32-27(38)16-8-15(34-18-5-6-33-36(16)18)26(13-2-3-13)31-9-12-1-4-17-14(7-12)35-19(37)10-39-17/h1,4-8,20-25,31H,2-3,9-11,30H2,(H,32,38)(H,35,37). The molecule has 2 amide bonds. The van der Waals surface area contributed by atoms with Gasteiger partial charge in [-0.15, -0.1) is 0 Å². The van der Waals surface area contributed by atoms with Gasteiger partial charge in [0, 0.05) is 24.7 Å². The molecule has 196 valence electrons. The van der Waals surface area contributed by atoms with Crippen molar-refractivity contribution in [2.75, 3.05) is 18.5 Å². The monoisotopic (exact) mass is 521 g/mol. The Bertz CT molecular complexity index is 1660. The normalized spacial score (nSPS) is 38.0. The summed E-state index contributed by atoms with van der Waals surface area (Å²) in [6.07, 6.45) is 3.69. The van der Waals surface area contributed by atoms with Crippen LogP contribution in [-0.4, -0.2) is 45.1 Å². The van der Waals surface area contributed by atoms with Crippen LogP contribution in [0, 0.1) is 40.9 Å². The highest BCUT2D eigenvalue weighted by atomic mass is 16.5. The highest BCUT2D eigenvalue weighted by molar-refractivity contribution is 5.95. The van der Waals surface area contributed by atoms with E-state index in [-0.39, 0.29) is 24.0 Å². The summed E-state index contributed by atoms with van der Waals surface area (Å²) in [6.45, 7) is 1.34. The Labute approximate surface area is 223 Å². The molecule has 7 aliphatic carbocycles. The first-order valence-corrected chi connectivity index (χ1v) is 13.9. The first-order valence-electron chi connectivity index (χ1n) is 13.9. The lowest BCUT2D eigenvalue weighted by Crippen LogP contribution is -3.15. The predicted molar refractivity (Wildman–Crippen MR) is 139 cm³/mol. The number of aromatic nitrogens is 3. The number of anilines is 1. The molecule has 1 aromatic carbocycles. The SMILES string of the molecule is NC12C3C4C1C1C2C3C41CNC(=O)c1cc(C(NCc2ccc3c(c2)NC(=O)CO3)=C2CC2)nc2ccnn12. The third kappa shape index (κ3) is 2.21. The Morgan fingerprint density at radius 1 is 1.10 bits per heavy atom. The van der Waals surface area contributed by atoms with Crippen LogP contribution in [0.1, 0.15) is 34.6 Å². The molecule has 7 fully saturated rings. The molecule has 10 heteroatoms. The van der Waals surface area contributed by atoms with Crippen LogP contribution < -0.4 is 26.4 Å². The zero-order valence-electron chi connectivity index (χ0n) is 21.1. The number of rotatable bonds is 7. The van der Waals surface area contributed by atoms with Crippen LogP contribution in [0.4, 0.5) is 5.69 Å². The number of carbonyl (C=O) groups is 2. The van der Waals surface area contributed by atoms with E-state index in [1.807, 2.05) is 30.3 Å². The van der Waals surface area contributed by atoms with Gasteiger partial charge in [-0.3, -0.25) is 9.59 Å². The lowest BCUT2D eigenvalue weighted by atomic mass is 8.94. The van der Waals surface area contributed by atoms with Crippen LogP contribution in [0.3, 0.4) is 0 Å². The van der Waals surface area contributed by atoms with Crippen molar-refractivity contribution in [1.29, 1.82) is 0 Å². The van der Waals surface area contributed by atoms with E-state index in [0.717, 1.165) is 71.8 Å². The number of nitrogens with two attached hydrogens (primary N) is 1. The summed E-state index contributed by atoms with van der Waals surface area (Å²) in [7, 11) is 0. The first kappa shape index (κ1) is 21.0. The van der Waals surface area contributed by atoms with Gasteiger partial charge in [0.1, 0.15) is 11.4 Å². The summed E-state index contributed by atoms with van der Waals surface area (Å²) in [6, 6.07) is 9.49. The van der Waals surface area contributed by atoms with E-state index in [1.54, 1.807) is 10.7 Å². The number of benzene rings is 1. The molecule has 5 N–H and O–H groups in total. The average Bonchev–Trinajstić information content (AvgIpc) is 3.67. The molecule has 0 unspecified atom stereocenters. The molecule has 0 bridgehead atoms. The van der Waals surface area contributed by atoms with Gasteiger partial charge in [0.25, 0.3) is 11.8 Å². The molecule has 0 atom stereocenters. The fourth-order valence-electron chi connectivity index (χ4n) is 9.85. The van der Waals surface area contributed by atoms with Crippen LogP contribution in [0.5, 0.6) is 5.75 Å².